The summed E-state index contributed by atoms with van der Waals surface area (Å²) in [4.78, 5) is 1.35. The second-order valence-electron chi connectivity index (χ2n) is 3.05. The Morgan fingerprint density at radius 3 is 3.08 bits per heavy atom. The smallest absolute Gasteiger partial charge is 0 e. The van der Waals surface area contributed by atoms with Crippen LogP contribution in [0.5, 0.6) is 0 Å². The summed E-state index contributed by atoms with van der Waals surface area (Å²) in [7, 11) is 0. The Morgan fingerprint density at radius 1 is 1.38 bits per heavy atom. The SMILES string of the molecule is Cc1ccc2c(c1)[N-]CCCS2.[Ac]. The molecule has 0 saturated heterocycles. The molecule has 1 nitrogen and oxygen atoms in total. The molecular weight excluding hydrogens is 393 g/mol. The molecule has 0 fully saturated rings. The predicted octanol–water partition coefficient (Wildman–Crippen LogP) is 3.50. The van der Waals surface area contributed by atoms with Gasteiger partial charge in [-0.3, -0.25) is 0 Å². The zero-order chi connectivity index (χ0) is 8.39. The van der Waals surface area contributed by atoms with Crippen LogP contribution in [0.15, 0.2) is 23.1 Å². The van der Waals surface area contributed by atoms with Crippen molar-refractivity contribution in [2.24, 2.45) is 0 Å². The van der Waals surface area contributed by atoms with Crippen LogP contribution >= 0.6 is 11.8 Å². The summed E-state index contributed by atoms with van der Waals surface area (Å²) in [6.45, 7) is 3.11. The minimum absolute atomic E-state index is 0. The molecule has 0 aliphatic carbocycles. The summed E-state index contributed by atoms with van der Waals surface area (Å²) < 4.78 is 0. The first-order valence-corrected chi connectivity index (χ1v) is 5.26. The molecule has 0 spiro atoms. The molecule has 0 amide bonds. The third-order valence-corrected chi connectivity index (χ3v) is 3.11. The Morgan fingerprint density at radius 2 is 2.23 bits per heavy atom. The zero-order valence-electron chi connectivity index (χ0n) is 7.79. The van der Waals surface area contributed by atoms with E-state index in [1.165, 1.54) is 28.3 Å². The van der Waals surface area contributed by atoms with Crippen LogP contribution in [0, 0.1) is 51.0 Å². The Kier molecular flexibility index (Phi) is 5.15. The fraction of sp³-hybridized carbons (Fsp3) is 0.400. The van der Waals surface area contributed by atoms with Crippen LogP contribution in [0.25, 0.3) is 5.32 Å². The van der Waals surface area contributed by atoms with Crippen molar-refractivity contribution in [2.75, 3.05) is 12.3 Å². The summed E-state index contributed by atoms with van der Waals surface area (Å²) in [6, 6.07) is 6.52. The fourth-order valence-electron chi connectivity index (χ4n) is 1.32. The standard InChI is InChI=1S/C10H12NS.Ac/c1-8-3-4-10-9(7-8)11-5-2-6-12-10;/h3-4,7H,2,5-6H2,1H3;/q-1;. The van der Waals surface area contributed by atoms with Crippen molar-refractivity contribution in [3.05, 3.63) is 29.1 Å². The molecular formula is C10H12AcNS-. The molecule has 0 aromatic heterocycles. The van der Waals surface area contributed by atoms with E-state index < -0.39 is 0 Å². The zero-order valence-corrected chi connectivity index (χ0v) is 13.3. The van der Waals surface area contributed by atoms with Crippen molar-refractivity contribution in [3.63, 3.8) is 0 Å². The summed E-state index contributed by atoms with van der Waals surface area (Å²) in [5.41, 5.74) is 2.50. The van der Waals surface area contributed by atoms with Crippen molar-refractivity contribution in [1.29, 1.82) is 0 Å². The molecule has 1 radical (unpaired) electrons. The number of fused-ring (bicyclic) bond motifs is 1. The second-order valence-corrected chi connectivity index (χ2v) is 4.19. The van der Waals surface area contributed by atoms with Crippen molar-refractivity contribution in [3.8, 4) is 0 Å². The number of benzene rings is 1. The summed E-state index contributed by atoms with van der Waals surface area (Å²) >= 11 is 1.92. The fourth-order valence-corrected chi connectivity index (χ4v) is 2.25. The van der Waals surface area contributed by atoms with Crippen molar-refractivity contribution < 1.29 is 44.1 Å². The van der Waals surface area contributed by atoms with E-state index in [1.807, 2.05) is 11.8 Å². The molecule has 1 aliphatic rings. The number of rotatable bonds is 0. The molecule has 67 valence electrons. The van der Waals surface area contributed by atoms with Gasteiger partial charge in [-0.05, 0) is 23.6 Å². The number of nitrogens with zero attached hydrogens (tertiary/aromatic N) is 1. The Hall–Kier alpha value is 0.812. The van der Waals surface area contributed by atoms with Gasteiger partial charge < -0.3 is 5.32 Å². The van der Waals surface area contributed by atoms with Crippen LogP contribution in [-0.4, -0.2) is 12.3 Å². The maximum Gasteiger partial charge on any atom is 0 e. The van der Waals surface area contributed by atoms with E-state index >= 15 is 0 Å². The van der Waals surface area contributed by atoms with Crippen LogP contribution < -0.4 is 0 Å². The number of thioether (sulfide) groups is 1. The van der Waals surface area contributed by atoms with Crippen molar-refractivity contribution in [1.82, 2.24) is 0 Å². The van der Waals surface area contributed by atoms with Crippen LogP contribution in [0.1, 0.15) is 12.0 Å². The molecule has 0 unspecified atom stereocenters. The molecule has 1 heterocycles. The maximum atomic E-state index is 4.53. The first kappa shape index (κ1) is 11.9. The number of aryl methyl sites for hydroxylation is 1. The molecule has 13 heavy (non-hydrogen) atoms. The Balaban J connectivity index is 0.000000845. The van der Waals surface area contributed by atoms with Gasteiger partial charge >= 0.3 is 0 Å². The van der Waals surface area contributed by atoms with E-state index in [9.17, 15) is 0 Å². The van der Waals surface area contributed by atoms with Gasteiger partial charge in [-0.1, -0.05) is 24.1 Å². The van der Waals surface area contributed by atoms with Gasteiger partial charge in [0.1, 0.15) is 0 Å². The normalized spacial score (nSPS) is 14.8. The van der Waals surface area contributed by atoms with E-state index in [1.54, 1.807) is 0 Å². The van der Waals surface area contributed by atoms with E-state index in [0.29, 0.717) is 0 Å². The quantitative estimate of drug-likeness (QED) is 0.645. The van der Waals surface area contributed by atoms with Gasteiger partial charge in [0.15, 0.2) is 0 Å². The van der Waals surface area contributed by atoms with E-state index in [2.05, 4.69) is 30.4 Å². The summed E-state index contributed by atoms with van der Waals surface area (Å²) in [5, 5.41) is 4.53. The minimum Gasteiger partial charge on any atom is -0.683 e. The van der Waals surface area contributed by atoms with Gasteiger partial charge in [0.2, 0.25) is 0 Å². The average molecular weight is 405 g/mol. The monoisotopic (exact) mass is 405 g/mol. The molecule has 2 rings (SSSR count). The summed E-state index contributed by atoms with van der Waals surface area (Å²) in [6.07, 6.45) is 1.21. The van der Waals surface area contributed by atoms with Gasteiger partial charge in [-0.15, -0.1) is 24.0 Å². The predicted molar refractivity (Wildman–Crippen MR) is 54.4 cm³/mol. The van der Waals surface area contributed by atoms with E-state index in [4.69, 9.17) is 0 Å². The first-order valence-electron chi connectivity index (χ1n) is 4.27. The third kappa shape index (κ3) is 3.15. The van der Waals surface area contributed by atoms with Crippen molar-refractivity contribution in [2.45, 2.75) is 18.2 Å². The van der Waals surface area contributed by atoms with Gasteiger partial charge in [0, 0.05) is 44.1 Å². The topological polar surface area (TPSA) is 14.1 Å². The van der Waals surface area contributed by atoms with Crippen LogP contribution in [0.4, 0.5) is 5.69 Å². The van der Waals surface area contributed by atoms with E-state index in [0.717, 1.165) is 6.54 Å². The van der Waals surface area contributed by atoms with Gasteiger partial charge in [0.25, 0.3) is 0 Å². The first-order chi connectivity index (χ1) is 5.86. The molecule has 1 aliphatic heterocycles. The third-order valence-electron chi connectivity index (χ3n) is 1.96. The summed E-state index contributed by atoms with van der Waals surface area (Å²) in [5.74, 6) is 1.21. The molecule has 0 saturated carbocycles. The van der Waals surface area contributed by atoms with Gasteiger partial charge in [-0.2, -0.15) is 0 Å². The molecule has 0 N–H and O–H groups in total. The average Bonchev–Trinajstić information content (AvgIpc) is 2.28. The number of hydrogen-bond donors (Lipinski definition) is 0. The molecule has 1 aromatic carbocycles. The molecule has 3 heteroatoms. The second kappa shape index (κ2) is 5.63. The maximum absolute atomic E-state index is 4.53. The van der Waals surface area contributed by atoms with E-state index in [-0.39, 0.29) is 44.1 Å². The van der Waals surface area contributed by atoms with Gasteiger partial charge in [0.05, 0.1) is 0 Å². The molecule has 1 aromatic rings. The molecule has 0 atom stereocenters. The van der Waals surface area contributed by atoms with Gasteiger partial charge in [-0.25, -0.2) is 0 Å². The minimum atomic E-state index is 0. The number of hydrogen-bond acceptors (Lipinski definition) is 1. The van der Waals surface area contributed by atoms with Crippen LogP contribution in [0.2, 0.25) is 0 Å². The Bertz CT molecular complexity index is 288. The Labute approximate surface area is 120 Å². The molecule has 0 bridgehead atoms. The van der Waals surface area contributed by atoms with Crippen LogP contribution in [0.3, 0.4) is 0 Å². The van der Waals surface area contributed by atoms with Crippen LogP contribution in [-0.2, 0) is 0 Å². The van der Waals surface area contributed by atoms with Crippen molar-refractivity contribution >= 4 is 17.4 Å². The largest absolute Gasteiger partial charge is 0.683 e.